The van der Waals surface area contributed by atoms with E-state index in [1.54, 1.807) is 0 Å². The number of alkyl halides is 2. The van der Waals surface area contributed by atoms with Crippen LogP contribution in [-0.4, -0.2) is 13.6 Å². The van der Waals surface area contributed by atoms with Crippen molar-refractivity contribution in [3.63, 3.8) is 0 Å². The SMILES string of the molecule is FC(F)Oc1c(Cl)cc([B-](F)(F)F)cc1Cl.[K+]. The molecule has 1 aromatic carbocycles. The number of hydrogen-bond donors (Lipinski definition) is 0. The Morgan fingerprint density at radius 1 is 1.06 bits per heavy atom. The van der Waals surface area contributed by atoms with Gasteiger partial charge in [-0.3, -0.25) is 0 Å². The molecule has 0 radical (unpaired) electrons. The van der Waals surface area contributed by atoms with E-state index in [1.807, 2.05) is 0 Å². The molecule has 0 amide bonds. The molecule has 10 heteroatoms. The van der Waals surface area contributed by atoms with E-state index in [4.69, 9.17) is 23.2 Å². The molecule has 17 heavy (non-hydrogen) atoms. The molecule has 0 bridgehead atoms. The molecule has 1 rings (SSSR count). The van der Waals surface area contributed by atoms with Crippen LogP contribution in [0.4, 0.5) is 21.7 Å². The molecule has 0 unspecified atom stereocenters. The molecule has 0 heterocycles. The summed E-state index contributed by atoms with van der Waals surface area (Å²) in [7, 11) is 0. The second-order valence-electron chi connectivity index (χ2n) is 2.77. The van der Waals surface area contributed by atoms with Crippen molar-refractivity contribution in [2.45, 2.75) is 6.61 Å². The third-order valence-corrected chi connectivity index (χ3v) is 2.17. The van der Waals surface area contributed by atoms with Gasteiger partial charge in [0.1, 0.15) is 0 Å². The molecular weight excluding hydrogens is 316 g/mol. The maximum absolute atomic E-state index is 12.3. The van der Waals surface area contributed by atoms with Crippen LogP contribution >= 0.6 is 23.2 Å². The second kappa shape index (κ2) is 6.93. The Morgan fingerprint density at radius 2 is 1.47 bits per heavy atom. The Labute approximate surface area is 146 Å². The van der Waals surface area contributed by atoms with Crippen molar-refractivity contribution >= 4 is 35.6 Å². The number of hydrogen-bond acceptors (Lipinski definition) is 1. The zero-order valence-electron chi connectivity index (χ0n) is 8.36. The standard InChI is InChI=1S/C7H3BCl2F5O.K/c9-4-1-3(8(13,14)15)2-5(10)6(4)16-7(11)12;/h1-2,7H;/q-1;+1. The molecule has 0 spiro atoms. The van der Waals surface area contributed by atoms with Gasteiger partial charge in [-0.15, -0.1) is 5.46 Å². The first-order chi connectivity index (χ1) is 7.21. The summed E-state index contributed by atoms with van der Waals surface area (Å²) in [5.41, 5.74) is -1.07. The minimum Gasteiger partial charge on any atom is -0.445 e. The van der Waals surface area contributed by atoms with Crippen LogP contribution in [0.5, 0.6) is 5.75 Å². The van der Waals surface area contributed by atoms with Gasteiger partial charge >= 0.3 is 65.0 Å². The molecule has 0 aliphatic carbocycles. The second-order valence-corrected chi connectivity index (χ2v) is 3.58. The van der Waals surface area contributed by atoms with E-state index in [0.29, 0.717) is 12.1 Å². The van der Waals surface area contributed by atoms with Crippen molar-refractivity contribution in [1.29, 1.82) is 0 Å². The van der Waals surface area contributed by atoms with Gasteiger partial charge < -0.3 is 17.7 Å². The summed E-state index contributed by atoms with van der Waals surface area (Å²) in [6, 6.07) is 0.982. The van der Waals surface area contributed by atoms with Gasteiger partial charge in [-0.25, -0.2) is 0 Å². The van der Waals surface area contributed by atoms with Crippen LogP contribution in [0.3, 0.4) is 0 Å². The average molecular weight is 319 g/mol. The zero-order valence-corrected chi connectivity index (χ0v) is 13.0. The summed E-state index contributed by atoms with van der Waals surface area (Å²) in [6.07, 6.45) is 0. The van der Waals surface area contributed by atoms with Crippen LogP contribution in [0.25, 0.3) is 0 Å². The Balaban J connectivity index is 0.00000256. The van der Waals surface area contributed by atoms with Gasteiger partial charge in [-0.05, 0) is 0 Å². The van der Waals surface area contributed by atoms with Gasteiger partial charge in [-0.2, -0.15) is 8.78 Å². The molecule has 1 nitrogen and oxygen atoms in total. The van der Waals surface area contributed by atoms with E-state index >= 15 is 0 Å². The third-order valence-electron chi connectivity index (χ3n) is 1.61. The summed E-state index contributed by atoms with van der Waals surface area (Å²) in [5, 5.41) is -1.22. The molecule has 0 atom stereocenters. The van der Waals surface area contributed by atoms with Crippen LogP contribution in [0.15, 0.2) is 12.1 Å². The fourth-order valence-corrected chi connectivity index (χ4v) is 1.56. The fraction of sp³-hybridized carbons (Fsp3) is 0.143. The van der Waals surface area contributed by atoms with E-state index in [2.05, 4.69) is 4.74 Å². The van der Waals surface area contributed by atoms with Crippen LogP contribution in [-0.2, 0) is 0 Å². The van der Waals surface area contributed by atoms with E-state index < -0.39 is 34.8 Å². The van der Waals surface area contributed by atoms with Gasteiger partial charge in [0.05, 0.1) is 10.0 Å². The van der Waals surface area contributed by atoms with Crippen molar-refractivity contribution in [3.05, 3.63) is 22.2 Å². The topological polar surface area (TPSA) is 9.23 Å². The molecule has 0 aliphatic heterocycles. The van der Waals surface area contributed by atoms with E-state index in [1.165, 1.54) is 0 Å². The first-order valence-corrected chi connectivity index (χ1v) is 4.61. The molecule has 1 aromatic rings. The van der Waals surface area contributed by atoms with Crippen molar-refractivity contribution in [1.82, 2.24) is 0 Å². The Bertz CT molecular complexity index is 377. The summed E-state index contributed by atoms with van der Waals surface area (Å²) in [4.78, 5) is 0. The van der Waals surface area contributed by atoms with Gasteiger partial charge in [0, 0.05) is 0 Å². The molecule has 0 saturated heterocycles. The number of rotatable bonds is 3. The van der Waals surface area contributed by atoms with Crippen molar-refractivity contribution < 1.29 is 77.8 Å². The van der Waals surface area contributed by atoms with Crippen molar-refractivity contribution in [2.75, 3.05) is 0 Å². The molecule has 0 aromatic heterocycles. The Morgan fingerprint density at radius 3 is 1.76 bits per heavy atom. The van der Waals surface area contributed by atoms with Gasteiger partial charge in [-0.1, -0.05) is 35.3 Å². The predicted molar refractivity (Wildman–Crippen MR) is 51.8 cm³/mol. The predicted octanol–water partition coefficient (Wildman–Crippen LogP) is 0.653. The quantitative estimate of drug-likeness (QED) is 0.587. The summed E-state index contributed by atoms with van der Waals surface area (Å²) in [5.74, 6) is -0.665. The van der Waals surface area contributed by atoms with E-state index in [9.17, 15) is 21.7 Å². The van der Waals surface area contributed by atoms with Crippen molar-refractivity contribution in [3.8, 4) is 5.75 Å². The largest absolute Gasteiger partial charge is 1.00 e. The van der Waals surface area contributed by atoms with Gasteiger partial charge in [0.25, 0.3) is 0 Å². The number of benzene rings is 1. The Kier molecular flexibility index (Phi) is 7.32. The Hall–Kier alpha value is 0.951. The van der Waals surface area contributed by atoms with Crippen LogP contribution < -0.4 is 61.6 Å². The summed E-state index contributed by atoms with van der Waals surface area (Å²) < 4.78 is 64.5. The number of halogens is 7. The molecular formula is C7H3BCl2F5KO. The third kappa shape index (κ3) is 5.22. The molecule has 90 valence electrons. The van der Waals surface area contributed by atoms with Crippen LogP contribution in [0, 0.1) is 0 Å². The minimum atomic E-state index is -5.29. The minimum absolute atomic E-state index is 0. The average Bonchev–Trinajstić information content (AvgIpc) is 2.09. The normalized spacial score (nSPS) is 11.3. The maximum atomic E-state index is 12.3. The van der Waals surface area contributed by atoms with Gasteiger partial charge in [0.15, 0.2) is 5.75 Å². The first-order valence-electron chi connectivity index (χ1n) is 3.85. The molecule has 0 aliphatic rings. The monoisotopic (exact) mass is 318 g/mol. The molecule has 0 fully saturated rings. The maximum Gasteiger partial charge on any atom is 1.00 e. The molecule has 0 saturated carbocycles. The fourth-order valence-electron chi connectivity index (χ4n) is 0.970. The van der Waals surface area contributed by atoms with Gasteiger partial charge in [0.2, 0.25) is 0 Å². The summed E-state index contributed by atoms with van der Waals surface area (Å²) >= 11 is 10.7. The van der Waals surface area contributed by atoms with Crippen molar-refractivity contribution in [2.24, 2.45) is 0 Å². The zero-order chi connectivity index (χ0) is 12.5. The summed E-state index contributed by atoms with van der Waals surface area (Å²) in [6.45, 7) is -8.50. The van der Waals surface area contributed by atoms with E-state index in [0.717, 1.165) is 0 Å². The molecule has 0 N–H and O–H groups in total. The van der Waals surface area contributed by atoms with E-state index in [-0.39, 0.29) is 51.4 Å². The number of ether oxygens (including phenoxy) is 1. The smallest absolute Gasteiger partial charge is 0.445 e. The van der Waals surface area contributed by atoms with Crippen LogP contribution in [0.1, 0.15) is 0 Å². The van der Waals surface area contributed by atoms with Crippen LogP contribution in [0.2, 0.25) is 10.0 Å². The first kappa shape index (κ1) is 18.0.